The second-order valence-electron chi connectivity index (χ2n) is 18.3. The molecule has 26 heteroatoms. The van der Waals surface area contributed by atoms with Gasteiger partial charge in [0.2, 0.25) is 23.6 Å². The molecule has 20 nitrogen and oxygen atoms in total. The van der Waals surface area contributed by atoms with Gasteiger partial charge < -0.3 is 51.1 Å². The third-order valence-corrected chi connectivity index (χ3v) is 13.2. The Morgan fingerprint density at radius 2 is 1.06 bits per heavy atom. The number of hydrogen-bond donors (Lipinski definition) is 6. The maximum Gasteiger partial charge on any atom is 0.491 e. The van der Waals surface area contributed by atoms with Gasteiger partial charge in [0.1, 0.15) is 37.4 Å². The molecule has 0 aliphatic heterocycles. The van der Waals surface area contributed by atoms with Gasteiger partial charge in [0, 0.05) is 111 Å². The SMILES string of the molecule is CC(C)N(CC(=O)NCc1cccc(Cl)c1F)C(=O)Cn1cc(C(N)=O)c2cc(-c3cncnc3)ccc21.CC(C)N(CC(=O)NCc1cccc(Cl)c1F)C(=O)Cn1cc(C(N)=O)c2cc(Br)ccc21.OB(O)c1cncnc1. The number of carbonyl (C=O) groups excluding carboxylic acids is 6. The number of primary amides is 2. The van der Waals surface area contributed by atoms with Gasteiger partial charge in [-0.05, 0) is 75.7 Å². The lowest BCUT2D eigenvalue weighted by Gasteiger charge is -2.26. The minimum atomic E-state index is -1.47. The molecular weight excluding hydrogens is 1140 g/mol. The predicted molar refractivity (Wildman–Crippen MR) is 302 cm³/mol. The Labute approximate surface area is 476 Å². The van der Waals surface area contributed by atoms with E-state index in [1.54, 1.807) is 91.7 Å². The molecule has 4 aromatic heterocycles. The van der Waals surface area contributed by atoms with Crippen LogP contribution in [-0.2, 0) is 45.4 Å². The first-order valence-corrected chi connectivity index (χ1v) is 25.9. The largest absolute Gasteiger partial charge is 0.491 e. The summed E-state index contributed by atoms with van der Waals surface area (Å²) >= 11 is 14.9. The first-order chi connectivity index (χ1) is 38.0. The highest BCUT2D eigenvalue weighted by atomic mass is 79.9. The van der Waals surface area contributed by atoms with Gasteiger partial charge in [-0.25, -0.2) is 28.7 Å². The summed E-state index contributed by atoms with van der Waals surface area (Å²) in [5.74, 6) is -3.95. The Bertz CT molecular complexity index is 3540. The average Bonchev–Trinajstić information content (AvgIpc) is 4.11. The Morgan fingerprint density at radius 3 is 1.48 bits per heavy atom. The number of nitrogens with one attached hydrogen (secondary N) is 2. The van der Waals surface area contributed by atoms with Gasteiger partial charge in [0.05, 0.1) is 34.3 Å². The van der Waals surface area contributed by atoms with Crippen molar-refractivity contribution in [1.29, 1.82) is 0 Å². The van der Waals surface area contributed by atoms with Crippen LogP contribution in [0.1, 0.15) is 59.5 Å². The van der Waals surface area contributed by atoms with E-state index in [2.05, 4.69) is 46.5 Å². The van der Waals surface area contributed by atoms with Crippen molar-refractivity contribution < 1.29 is 47.6 Å². The number of hydrogen-bond acceptors (Lipinski definition) is 12. The Hall–Kier alpha value is -8.16. The zero-order chi connectivity index (χ0) is 58.4. The van der Waals surface area contributed by atoms with Crippen molar-refractivity contribution in [1.82, 2.24) is 49.5 Å². The molecule has 0 spiro atoms. The van der Waals surface area contributed by atoms with Crippen molar-refractivity contribution in [3.8, 4) is 11.1 Å². The summed E-state index contributed by atoms with van der Waals surface area (Å²) in [6.07, 6.45) is 11.8. The number of rotatable bonds is 18. The number of carbonyl (C=O) groups is 6. The van der Waals surface area contributed by atoms with Crippen LogP contribution in [-0.4, -0.2) is 117 Å². The molecule has 416 valence electrons. The zero-order valence-corrected chi connectivity index (χ0v) is 46.6. The summed E-state index contributed by atoms with van der Waals surface area (Å²) in [5, 5.41) is 23.4. The van der Waals surface area contributed by atoms with Crippen LogP contribution in [0.2, 0.25) is 10.0 Å². The van der Waals surface area contributed by atoms with Gasteiger partial charge in [-0.3, -0.25) is 28.8 Å². The zero-order valence-electron chi connectivity index (χ0n) is 43.5. The van der Waals surface area contributed by atoms with Crippen LogP contribution in [0.25, 0.3) is 32.9 Å². The van der Waals surface area contributed by atoms with Crippen LogP contribution in [0.5, 0.6) is 0 Å². The Morgan fingerprint density at radius 1 is 0.637 bits per heavy atom. The number of halogens is 5. The number of nitrogens with zero attached hydrogens (tertiary/aromatic N) is 8. The lowest BCUT2D eigenvalue weighted by molar-refractivity contribution is -0.138. The summed E-state index contributed by atoms with van der Waals surface area (Å²) in [4.78, 5) is 93.6. The monoisotopic (exact) mass is 1200 g/mol. The van der Waals surface area contributed by atoms with Gasteiger partial charge in [-0.1, -0.05) is 69.5 Å². The predicted octanol–water partition coefficient (Wildman–Crippen LogP) is 5.55. The lowest BCUT2D eigenvalue weighted by atomic mass is 9.83. The molecule has 80 heavy (non-hydrogen) atoms. The topological polar surface area (TPSA) is 287 Å². The van der Waals surface area contributed by atoms with Crippen LogP contribution >= 0.6 is 39.1 Å². The van der Waals surface area contributed by atoms with Gasteiger partial charge in [0.25, 0.3) is 11.8 Å². The first kappa shape index (κ1) is 61.1. The lowest BCUT2D eigenvalue weighted by Crippen LogP contribution is -2.45. The van der Waals surface area contributed by atoms with E-state index >= 15 is 0 Å². The van der Waals surface area contributed by atoms with Crippen molar-refractivity contribution in [2.75, 3.05) is 13.1 Å². The van der Waals surface area contributed by atoms with E-state index < -0.39 is 42.4 Å². The van der Waals surface area contributed by atoms with Crippen LogP contribution < -0.4 is 27.6 Å². The Kier molecular flexibility index (Phi) is 21.5. The molecule has 0 saturated carbocycles. The van der Waals surface area contributed by atoms with E-state index in [4.69, 9.17) is 44.7 Å². The number of amides is 6. The van der Waals surface area contributed by atoms with Crippen molar-refractivity contribution >= 4 is 109 Å². The number of aromatic nitrogens is 6. The molecule has 0 bridgehead atoms. The van der Waals surface area contributed by atoms with Crippen LogP contribution in [0.15, 0.2) is 127 Å². The smallest absolute Gasteiger partial charge is 0.423 e. The van der Waals surface area contributed by atoms with E-state index in [0.29, 0.717) is 32.8 Å². The Balaban J connectivity index is 0.000000224. The van der Waals surface area contributed by atoms with Crippen molar-refractivity contribution in [3.05, 3.63) is 171 Å². The number of benzene rings is 4. The highest BCUT2D eigenvalue weighted by Crippen LogP contribution is 2.29. The van der Waals surface area contributed by atoms with Gasteiger partial charge in [0.15, 0.2) is 0 Å². The van der Waals surface area contributed by atoms with Crippen LogP contribution in [0, 0.1) is 11.6 Å². The fraction of sp³-hybridized carbons (Fsp3) is 0.222. The molecule has 4 aromatic carbocycles. The summed E-state index contributed by atoms with van der Waals surface area (Å²) in [5.41, 5.74) is 15.4. The molecule has 0 aliphatic rings. The molecule has 0 unspecified atom stereocenters. The van der Waals surface area contributed by atoms with E-state index in [1.807, 2.05) is 6.07 Å². The highest BCUT2D eigenvalue weighted by molar-refractivity contribution is 9.10. The normalized spacial score (nSPS) is 10.9. The summed E-state index contributed by atoms with van der Waals surface area (Å²) in [6.45, 7) is 6.42. The van der Waals surface area contributed by atoms with Crippen LogP contribution in [0.3, 0.4) is 0 Å². The van der Waals surface area contributed by atoms with E-state index in [-0.39, 0.29) is 89.9 Å². The molecule has 0 radical (unpaired) electrons. The summed E-state index contributed by atoms with van der Waals surface area (Å²) < 4.78 is 32.2. The van der Waals surface area contributed by atoms with Crippen molar-refractivity contribution in [3.63, 3.8) is 0 Å². The molecule has 0 atom stereocenters. The molecule has 6 amide bonds. The van der Waals surface area contributed by atoms with E-state index in [1.165, 1.54) is 71.5 Å². The molecule has 0 aliphatic carbocycles. The third kappa shape index (κ3) is 16.0. The van der Waals surface area contributed by atoms with Crippen LogP contribution in [0.4, 0.5) is 8.78 Å². The molecule has 0 saturated heterocycles. The second kappa shape index (κ2) is 28.1. The van der Waals surface area contributed by atoms with Gasteiger partial charge >= 0.3 is 7.12 Å². The molecule has 8 aromatic rings. The minimum absolute atomic E-state index is 0.0259. The maximum atomic E-state index is 14.1. The van der Waals surface area contributed by atoms with E-state index in [9.17, 15) is 37.5 Å². The second-order valence-corrected chi connectivity index (χ2v) is 20.1. The summed E-state index contributed by atoms with van der Waals surface area (Å²) in [6, 6.07) is 19.3. The van der Waals surface area contributed by atoms with Gasteiger partial charge in [-0.15, -0.1) is 0 Å². The molecule has 8 N–H and O–H groups in total. The summed E-state index contributed by atoms with van der Waals surface area (Å²) in [7, 11) is -1.47. The molecule has 8 rings (SSSR count). The highest BCUT2D eigenvalue weighted by Gasteiger charge is 2.25. The first-order valence-electron chi connectivity index (χ1n) is 24.4. The standard InChI is InChI=1S/C27H26ClFN6O3.C23H23BrClFN4O3.C4H5BN2O2/c1-16(2)35(13-24(36)33-11-18-4-3-5-22(28)26(18)29)25(37)14-34-12-21(27(30)38)20-8-17(6-7-23(20)34)19-9-31-15-32-10-19;1-13(2)30(11-20(31)28-9-14-4-3-5-18(25)22(14)26)21(32)12-29-10-17(23(27)33)16-8-15(24)6-7-19(16)29;8-5(9)4-1-6-3-7-2-4/h3-10,12,15-16H,11,13-14H2,1-2H3,(H2,30,38)(H,33,36);3-8,10,13H,9,11-12H2,1-2H3,(H2,27,33)(H,28,31);1-3,8-9H. The quantitative estimate of drug-likeness (QED) is 0.0577. The minimum Gasteiger partial charge on any atom is -0.423 e. The third-order valence-electron chi connectivity index (χ3n) is 12.2. The maximum absolute atomic E-state index is 14.1. The van der Waals surface area contributed by atoms with Crippen molar-refractivity contribution in [2.24, 2.45) is 11.5 Å². The fourth-order valence-corrected chi connectivity index (χ4v) is 8.81. The van der Waals surface area contributed by atoms with Crippen molar-refractivity contribution in [2.45, 2.75) is 66.0 Å². The fourth-order valence-electron chi connectivity index (χ4n) is 8.06. The van der Waals surface area contributed by atoms with Gasteiger partial charge in [-0.2, -0.15) is 0 Å². The number of nitrogens with two attached hydrogens (primary N) is 2. The van der Waals surface area contributed by atoms with E-state index in [0.717, 1.165) is 15.6 Å². The molecular formula is C54H54BBrCl2F2N12O8. The number of fused-ring (bicyclic) bond motifs is 2. The average molecular weight is 1200 g/mol. The molecule has 0 fully saturated rings. The molecule has 4 heterocycles.